The summed E-state index contributed by atoms with van der Waals surface area (Å²) >= 11 is 0. The van der Waals surface area contributed by atoms with Crippen molar-refractivity contribution in [1.29, 1.82) is 5.26 Å². The standard InChI is InChI=1S/C29H32N2O5/c1-6-17-11-20(12-18-7-9-23(32-2)25(14-18)34-4)28-21(13-17)27(22(16-30)29(31)36-28)19-8-10-24(33-3)26(15-19)35-5/h7-10,12,14-15,17,27H,6,11,13,31H2,1-5H3/b20-12+. The van der Waals surface area contributed by atoms with E-state index >= 15 is 0 Å². The van der Waals surface area contributed by atoms with Gasteiger partial charge in [0.2, 0.25) is 5.88 Å². The zero-order valence-corrected chi connectivity index (χ0v) is 21.4. The van der Waals surface area contributed by atoms with Gasteiger partial charge in [0, 0.05) is 5.92 Å². The first-order chi connectivity index (χ1) is 17.5. The summed E-state index contributed by atoms with van der Waals surface area (Å²) in [6, 6.07) is 13.8. The molecule has 1 heterocycles. The van der Waals surface area contributed by atoms with E-state index in [-0.39, 0.29) is 11.8 Å². The molecular weight excluding hydrogens is 456 g/mol. The van der Waals surface area contributed by atoms with E-state index in [0.29, 0.717) is 34.5 Å². The second-order valence-corrected chi connectivity index (χ2v) is 8.86. The Morgan fingerprint density at radius 2 is 1.58 bits per heavy atom. The van der Waals surface area contributed by atoms with E-state index < -0.39 is 0 Å². The summed E-state index contributed by atoms with van der Waals surface area (Å²) in [6.45, 7) is 2.19. The van der Waals surface area contributed by atoms with Crippen molar-refractivity contribution in [3.63, 3.8) is 0 Å². The van der Waals surface area contributed by atoms with E-state index in [1.54, 1.807) is 28.4 Å². The Morgan fingerprint density at radius 3 is 2.19 bits per heavy atom. The molecule has 2 aliphatic rings. The molecule has 2 N–H and O–H groups in total. The number of methoxy groups -OCH3 is 4. The zero-order valence-electron chi connectivity index (χ0n) is 21.4. The van der Waals surface area contributed by atoms with Crippen molar-refractivity contribution in [2.45, 2.75) is 32.1 Å². The van der Waals surface area contributed by atoms with E-state index in [0.717, 1.165) is 47.3 Å². The summed E-state index contributed by atoms with van der Waals surface area (Å²) in [4.78, 5) is 0. The Kier molecular flexibility index (Phi) is 7.44. The monoisotopic (exact) mass is 488 g/mol. The molecule has 2 atom stereocenters. The highest BCUT2D eigenvalue weighted by molar-refractivity contribution is 5.65. The lowest BCUT2D eigenvalue weighted by Crippen LogP contribution is -2.26. The Bertz CT molecular complexity index is 1290. The van der Waals surface area contributed by atoms with Crippen LogP contribution < -0.4 is 24.7 Å². The predicted octanol–water partition coefficient (Wildman–Crippen LogP) is 5.69. The van der Waals surface area contributed by atoms with Crippen LogP contribution in [0.2, 0.25) is 0 Å². The normalized spacial score (nSPS) is 20.4. The number of allylic oxidation sites excluding steroid dienone is 3. The highest BCUT2D eigenvalue weighted by Gasteiger charge is 2.38. The molecule has 1 aliphatic carbocycles. The van der Waals surface area contributed by atoms with Crippen LogP contribution in [-0.2, 0) is 4.74 Å². The molecule has 7 nitrogen and oxygen atoms in total. The van der Waals surface area contributed by atoms with Crippen molar-refractivity contribution in [2.75, 3.05) is 28.4 Å². The first-order valence-electron chi connectivity index (χ1n) is 11.9. The molecule has 2 unspecified atom stereocenters. The largest absolute Gasteiger partial charge is 0.493 e. The summed E-state index contributed by atoms with van der Waals surface area (Å²) in [5.41, 5.74) is 10.7. The Hall–Kier alpha value is -4.05. The van der Waals surface area contributed by atoms with Crippen LogP contribution in [0.4, 0.5) is 0 Å². The van der Waals surface area contributed by atoms with Crippen LogP contribution in [0, 0.1) is 17.2 Å². The highest BCUT2D eigenvalue weighted by Crippen LogP contribution is 2.50. The second kappa shape index (κ2) is 10.7. The van der Waals surface area contributed by atoms with Gasteiger partial charge in [0.1, 0.15) is 17.4 Å². The summed E-state index contributed by atoms with van der Waals surface area (Å²) in [5.74, 6) is 3.49. The average molecular weight is 489 g/mol. The maximum atomic E-state index is 10.1. The summed E-state index contributed by atoms with van der Waals surface area (Å²) in [7, 11) is 6.44. The fourth-order valence-electron chi connectivity index (χ4n) is 5.02. The van der Waals surface area contributed by atoms with Crippen LogP contribution in [-0.4, -0.2) is 28.4 Å². The molecule has 2 aromatic carbocycles. The molecule has 7 heteroatoms. The Balaban J connectivity index is 1.87. The molecule has 188 valence electrons. The SMILES string of the molecule is CCC1CC2=C(OC(N)=C(C#N)C2c2ccc(OC)c(OC)c2)/C(=C/c2ccc(OC)c(OC)c2)C1. The minimum absolute atomic E-state index is 0.129. The van der Waals surface area contributed by atoms with Gasteiger partial charge in [-0.05, 0) is 71.4 Å². The van der Waals surface area contributed by atoms with Crippen LogP contribution in [0.5, 0.6) is 23.0 Å². The molecule has 0 spiro atoms. The van der Waals surface area contributed by atoms with Gasteiger partial charge in [0.15, 0.2) is 23.0 Å². The van der Waals surface area contributed by atoms with Gasteiger partial charge in [-0.3, -0.25) is 0 Å². The van der Waals surface area contributed by atoms with E-state index in [1.807, 2.05) is 36.4 Å². The fourth-order valence-corrected chi connectivity index (χ4v) is 5.02. The fraction of sp³-hybridized carbons (Fsp3) is 0.345. The van der Waals surface area contributed by atoms with Crippen molar-refractivity contribution < 1.29 is 23.7 Å². The van der Waals surface area contributed by atoms with Crippen LogP contribution in [0.1, 0.15) is 43.2 Å². The Morgan fingerprint density at radius 1 is 0.944 bits per heavy atom. The lowest BCUT2D eigenvalue weighted by Gasteiger charge is -2.36. The number of ether oxygens (including phenoxy) is 5. The van der Waals surface area contributed by atoms with E-state index in [2.05, 4.69) is 19.1 Å². The van der Waals surface area contributed by atoms with Gasteiger partial charge in [-0.25, -0.2) is 0 Å². The van der Waals surface area contributed by atoms with Crippen molar-refractivity contribution in [2.24, 2.45) is 11.7 Å². The summed E-state index contributed by atoms with van der Waals surface area (Å²) in [5, 5.41) is 10.1. The summed E-state index contributed by atoms with van der Waals surface area (Å²) < 4.78 is 28.0. The van der Waals surface area contributed by atoms with Gasteiger partial charge in [-0.15, -0.1) is 0 Å². The third-order valence-electron chi connectivity index (χ3n) is 6.90. The topological polar surface area (TPSA) is 96.0 Å². The molecule has 0 amide bonds. The first kappa shape index (κ1) is 25.1. The average Bonchev–Trinajstić information content (AvgIpc) is 2.91. The molecule has 4 rings (SSSR count). The van der Waals surface area contributed by atoms with Gasteiger partial charge < -0.3 is 29.4 Å². The number of nitrogens with zero attached hydrogens (tertiary/aromatic N) is 1. The maximum Gasteiger partial charge on any atom is 0.205 e. The van der Waals surface area contributed by atoms with E-state index in [1.165, 1.54) is 0 Å². The van der Waals surface area contributed by atoms with Crippen molar-refractivity contribution in [3.8, 4) is 29.1 Å². The minimum atomic E-state index is -0.332. The van der Waals surface area contributed by atoms with Crippen LogP contribution in [0.3, 0.4) is 0 Å². The smallest absolute Gasteiger partial charge is 0.205 e. The van der Waals surface area contributed by atoms with Gasteiger partial charge >= 0.3 is 0 Å². The third-order valence-corrected chi connectivity index (χ3v) is 6.90. The molecule has 0 saturated heterocycles. The van der Waals surface area contributed by atoms with Crippen LogP contribution in [0.25, 0.3) is 6.08 Å². The van der Waals surface area contributed by atoms with Gasteiger partial charge in [-0.1, -0.05) is 25.5 Å². The lowest BCUT2D eigenvalue weighted by molar-refractivity contribution is 0.265. The first-order valence-corrected chi connectivity index (χ1v) is 11.9. The number of hydrogen-bond donors (Lipinski definition) is 1. The molecule has 0 fully saturated rings. The third kappa shape index (κ3) is 4.59. The predicted molar refractivity (Wildman–Crippen MR) is 138 cm³/mol. The number of rotatable bonds is 7. The second-order valence-electron chi connectivity index (χ2n) is 8.86. The minimum Gasteiger partial charge on any atom is -0.493 e. The number of benzene rings is 2. The lowest BCUT2D eigenvalue weighted by atomic mass is 9.73. The molecule has 36 heavy (non-hydrogen) atoms. The molecule has 0 bridgehead atoms. The van der Waals surface area contributed by atoms with Gasteiger partial charge in [-0.2, -0.15) is 5.26 Å². The molecule has 2 aromatic rings. The van der Waals surface area contributed by atoms with E-state index in [4.69, 9.17) is 29.4 Å². The molecular formula is C29H32N2O5. The van der Waals surface area contributed by atoms with Gasteiger partial charge in [0.25, 0.3) is 0 Å². The van der Waals surface area contributed by atoms with Crippen LogP contribution in [0.15, 0.2) is 64.8 Å². The van der Waals surface area contributed by atoms with Crippen LogP contribution >= 0.6 is 0 Å². The maximum absolute atomic E-state index is 10.1. The zero-order chi connectivity index (χ0) is 25.8. The number of nitriles is 1. The highest BCUT2D eigenvalue weighted by atomic mass is 16.5. The molecule has 1 aliphatic heterocycles. The summed E-state index contributed by atoms with van der Waals surface area (Å²) in [6.07, 6.45) is 4.76. The van der Waals surface area contributed by atoms with Gasteiger partial charge in [0.05, 0.1) is 28.4 Å². The van der Waals surface area contributed by atoms with Crippen molar-refractivity contribution in [1.82, 2.24) is 0 Å². The molecule has 0 aromatic heterocycles. The quantitative estimate of drug-likeness (QED) is 0.535. The molecule has 0 saturated carbocycles. The van der Waals surface area contributed by atoms with Crippen molar-refractivity contribution >= 4 is 6.08 Å². The number of nitrogens with two attached hydrogens (primary N) is 1. The van der Waals surface area contributed by atoms with E-state index in [9.17, 15) is 5.26 Å². The Labute approximate surface area is 212 Å². The van der Waals surface area contributed by atoms with Crippen molar-refractivity contribution in [3.05, 3.63) is 75.9 Å². The number of hydrogen-bond acceptors (Lipinski definition) is 7. The molecule has 0 radical (unpaired) electrons.